The first-order valence-electron chi connectivity index (χ1n) is 8.42. The number of nitrogens with zero attached hydrogens (tertiary/aromatic N) is 1. The summed E-state index contributed by atoms with van der Waals surface area (Å²) in [5, 5.41) is 15.8. The highest BCUT2D eigenvalue weighted by Gasteiger charge is 2.38. The predicted octanol–water partition coefficient (Wildman–Crippen LogP) is -2.44. The largest absolute Gasteiger partial charge is 0.471 e. The molecule has 0 heterocycles. The van der Waals surface area contributed by atoms with Gasteiger partial charge in [-0.2, -0.15) is 18.4 Å². The topological polar surface area (TPSA) is 279 Å². The minimum atomic E-state index is -4.93. The van der Waals surface area contributed by atoms with E-state index >= 15 is 0 Å². The first kappa shape index (κ1) is 42.9. The van der Waals surface area contributed by atoms with E-state index in [9.17, 15) is 27.6 Å². The van der Waals surface area contributed by atoms with Crippen molar-refractivity contribution in [2.75, 3.05) is 6.54 Å². The molecule has 0 aromatic heterocycles. The van der Waals surface area contributed by atoms with Crippen LogP contribution in [0.15, 0.2) is 0 Å². The molecule has 16 N–H and O–H groups in total. The van der Waals surface area contributed by atoms with Crippen molar-refractivity contribution in [3.8, 4) is 6.07 Å². The Balaban J connectivity index is -0.000000115. The maximum Gasteiger partial charge on any atom is 0.471 e. The number of nitriles is 1. The molecule has 36 heavy (non-hydrogen) atoms. The molecule has 0 aliphatic carbocycles. The number of amides is 3. The van der Waals surface area contributed by atoms with Crippen molar-refractivity contribution >= 4 is 104 Å². The van der Waals surface area contributed by atoms with Gasteiger partial charge in [0.05, 0.1) is 6.07 Å². The van der Waals surface area contributed by atoms with Gasteiger partial charge in [-0.3, -0.25) is 19.7 Å². The summed E-state index contributed by atoms with van der Waals surface area (Å²) < 4.78 is 33.8. The SMILES string of the molecule is CC(=O)NC(N)=S.CCNC(N)=S.N#CCC(=O)NC(N)=S.NC(=S)NC(=O)C(F)(F)F.NC(N)=S. The molecule has 0 aromatic rings. The van der Waals surface area contributed by atoms with Crippen LogP contribution in [0.3, 0.4) is 0 Å². The number of nitrogens with two attached hydrogens (primary N) is 6. The monoisotopic (exact) mass is 613 g/mol. The molecule has 0 unspecified atom stereocenters. The van der Waals surface area contributed by atoms with E-state index in [1.807, 2.05) is 6.92 Å². The molecule has 3 amide bonds. The van der Waals surface area contributed by atoms with Crippen molar-refractivity contribution in [1.29, 1.82) is 5.26 Å². The second kappa shape index (κ2) is 26.3. The molecule has 0 aromatic carbocycles. The van der Waals surface area contributed by atoms with Crippen LogP contribution in [0.2, 0.25) is 0 Å². The van der Waals surface area contributed by atoms with E-state index in [1.54, 1.807) is 6.07 Å². The van der Waals surface area contributed by atoms with Gasteiger partial charge in [-0.25, -0.2) is 0 Å². The highest BCUT2D eigenvalue weighted by atomic mass is 32.1. The van der Waals surface area contributed by atoms with Gasteiger partial charge in [0.1, 0.15) is 6.42 Å². The molecule has 0 fully saturated rings. The second-order valence-electron chi connectivity index (χ2n) is 4.91. The third-order valence-corrected chi connectivity index (χ3v) is 2.10. The molecule has 0 saturated heterocycles. The number of carbonyl (C=O) groups excluding carboxylic acids is 3. The van der Waals surface area contributed by atoms with E-state index < -0.39 is 23.1 Å². The molecule has 0 saturated carbocycles. The number of hydrogen-bond acceptors (Lipinski definition) is 9. The lowest BCUT2D eigenvalue weighted by atomic mass is 10.4. The molecule has 0 spiro atoms. The van der Waals surface area contributed by atoms with Crippen molar-refractivity contribution in [3.63, 3.8) is 0 Å². The third-order valence-electron chi connectivity index (χ3n) is 1.65. The van der Waals surface area contributed by atoms with Crippen LogP contribution in [0.4, 0.5) is 13.2 Å². The van der Waals surface area contributed by atoms with Gasteiger partial charge >= 0.3 is 12.1 Å². The van der Waals surface area contributed by atoms with E-state index in [0.717, 1.165) is 6.54 Å². The lowest BCUT2D eigenvalue weighted by Gasteiger charge is -2.04. The van der Waals surface area contributed by atoms with Crippen LogP contribution in [-0.4, -0.2) is 56.0 Å². The van der Waals surface area contributed by atoms with Crippen LogP contribution in [0.1, 0.15) is 20.3 Å². The Morgan fingerprint density at radius 3 is 1.28 bits per heavy atom. The summed E-state index contributed by atoms with van der Waals surface area (Å²) in [5.41, 5.74) is 28.7. The highest BCUT2D eigenvalue weighted by Crippen LogP contribution is 2.13. The molecule has 206 valence electrons. The fourth-order valence-corrected chi connectivity index (χ4v) is 1.28. The molecule has 22 heteroatoms. The van der Waals surface area contributed by atoms with E-state index in [4.69, 9.17) is 22.5 Å². The smallest absolute Gasteiger partial charge is 0.377 e. The van der Waals surface area contributed by atoms with Gasteiger partial charge in [0.2, 0.25) is 11.8 Å². The molecule has 0 aliphatic heterocycles. The van der Waals surface area contributed by atoms with Gasteiger partial charge in [0, 0.05) is 13.5 Å². The standard InChI is InChI=1S/C4H5N3OS.C3H3F3N2OS.C3H6N2OS.C3H8N2S.CH4N2S/c5-2-1-3(8)7-4(6)9;4-3(5,6)1(9)8-2(7)10;1-2(6)5-3(4)7;1-2-5-3(4)6;2-1(3)4/h1H2,(H3,6,7,8,9);(H3,7,8,9,10);1H3,(H3,4,5,6,7);2H2,1H3,(H3,4,5,6);(H4,2,3,4). The van der Waals surface area contributed by atoms with E-state index in [1.165, 1.54) is 12.2 Å². The number of thiocarbonyl (C=S) groups is 5. The number of alkyl halides is 3. The molecule has 0 bridgehead atoms. The van der Waals surface area contributed by atoms with Gasteiger partial charge in [0.15, 0.2) is 25.6 Å². The molecular weight excluding hydrogens is 588 g/mol. The zero-order chi connectivity index (χ0) is 30.1. The summed E-state index contributed by atoms with van der Waals surface area (Å²) in [5.74, 6) is -2.85. The van der Waals surface area contributed by atoms with Crippen LogP contribution in [0, 0.1) is 11.3 Å². The Bertz CT molecular complexity index is 804. The van der Waals surface area contributed by atoms with Crippen LogP contribution in [0.25, 0.3) is 0 Å². The fourth-order valence-electron chi connectivity index (χ4n) is 0.784. The summed E-state index contributed by atoms with van der Waals surface area (Å²) in [6.45, 7) is 4.10. The maximum atomic E-state index is 11.3. The maximum absolute atomic E-state index is 11.3. The molecule has 14 nitrogen and oxygen atoms in total. The van der Waals surface area contributed by atoms with Crippen LogP contribution >= 0.6 is 61.1 Å². The zero-order valence-corrected chi connectivity index (χ0v) is 22.8. The highest BCUT2D eigenvalue weighted by molar-refractivity contribution is 7.81. The van der Waals surface area contributed by atoms with Gasteiger partial charge in [0.25, 0.3) is 0 Å². The Morgan fingerprint density at radius 2 is 1.17 bits per heavy atom. The van der Waals surface area contributed by atoms with Gasteiger partial charge in [-0.15, -0.1) is 0 Å². The van der Waals surface area contributed by atoms with Gasteiger partial charge in [-0.1, -0.05) is 0 Å². The minimum Gasteiger partial charge on any atom is -0.377 e. The lowest BCUT2D eigenvalue weighted by Crippen LogP contribution is -2.43. The summed E-state index contributed by atoms with van der Waals surface area (Å²) in [7, 11) is 0. The first-order chi connectivity index (χ1) is 16.1. The Kier molecular flexibility index (Phi) is 31.4. The lowest BCUT2D eigenvalue weighted by molar-refractivity contribution is -0.171. The van der Waals surface area contributed by atoms with Gasteiger partial charge < -0.3 is 50.4 Å². The number of carbonyl (C=O) groups is 3. The third kappa shape index (κ3) is 63.2. The van der Waals surface area contributed by atoms with Crippen LogP contribution in [0.5, 0.6) is 0 Å². The van der Waals surface area contributed by atoms with Crippen molar-refractivity contribution in [1.82, 2.24) is 21.3 Å². The van der Waals surface area contributed by atoms with Crippen molar-refractivity contribution < 1.29 is 27.6 Å². The van der Waals surface area contributed by atoms with E-state index in [-0.39, 0.29) is 27.7 Å². The second-order valence-corrected chi connectivity index (χ2v) is 7.14. The fraction of sp³-hybridized carbons (Fsp3) is 0.357. The number of nitrogens with one attached hydrogen (secondary N) is 4. The number of halogens is 3. The van der Waals surface area contributed by atoms with Gasteiger partial charge in [-0.05, 0) is 68.0 Å². The van der Waals surface area contributed by atoms with Crippen molar-refractivity contribution in [2.45, 2.75) is 26.4 Å². The minimum absolute atomic E-state index is 0.000000000000000222. The van der Waals surface area contributed by atoms with Crippen molar-refractivity contribution in [3.05, 3.63) is 0 Å². The predicted molar refractivity (Wildman–Crippen MR) is 148 cm³/mol. The summed E-state index contributed by atoms with van der Waals surface area (Å²) in [6, 6.07) is 1.65. The zero-order valence-electron chi connectivity index (χ0n) is 18.7. The quantitative estimate of drug-likeness (QED) is 0.145. The van der Waals surface area contributed by atoms with Crippen LogP contribution in [-0.2, 0) is 14.4 Å². The van der Waals surface area contributed by atoms with E-state index in [0.29, 0.717) is 5.11 Å². The molecule has 0 atom stereocenters. The average molecular weight is 614 g/mol. The normalized spacial score (nSPS) is 8.22. The Hall–Kier alpha value is -3.26. The van der Waals surface area contributed by atoms with Crippen LogP contribution < -0.4 is 55.7 Å². The molecular formula is C14H26F3N11O3S5. The summed E-state index contributed by atoms with van der Waals surface area (Å²) in [6.07, 6.45) is -5.14. The Morgan fingerprint density at radius 1 is 0.806 bits per heavy atom. The first-order valence-corrected chi connectivity index (χ1v) is 10.5. The number of rotatable bonds is 2. The molecule has 0 rings (SSSR count). The average Bonchev–Trinajstić information content (AvgIpc) is 2.59. The Labute approximate surface area is 231 Å². The summed E-state index contributed by atoms with van der Waals surface area (Å²) in [4.78, 5) is 30.2. The molecule has 0 radical (unpaired) electrons. The van der Waals surface area contributed by atoms with Crippen molar-refractivity contribution in [2.24, 2.45) is 34.4 Å². The number of hydrogen-bond donors (Lipinski definition) is 10. The van der Waals surface area contributed by atoms with E-state index in [2.05, 4.69) is 94.2 Å². The molecule has 0 aliphatic rings. The summed E-state index contributed by atoms with van der Waals surface area (Å²) >= 11 is 21.2.